The lowest BCUT2D eigenvalue weighted by atomic mass is 10.1. The number of nitrogens with zero attached hydrogens (tertiary/aromatic N) is 3. The number of anilines is 1. The minimum absolute atomic E-state index is 0.0308. The summed E-state index contributed by atoms with van der Waals surface area (Å²) in [4.78, 5) is 20.7. The maximum atomic E-state index is 12.6. The fourth-order valence-corrected chi connectivity index (χ4v) is 3.53. The second-order valence-corrected chi connectivity index (χ2v) is 8.10. The third-order valence-electron chi connectivity index (χ3n) is 4.36. The highest BCUT2D eigenvalue weighted by molar-refractivity contribution is 7.99. The molecule has 2 aromatic carbocycles. The molecular weight excluding hydrogens is 477 g/mol. The summed E-state index contributed by atoms with van der Waals surface area (Å²) in [6, 6.07) is 14.7. The fourth-order valence-electron chi connectivity index (χ4n) is 2.77. The highest BCUT2D eigenvalue weighted by Gasteiger charge is 2.30. The van der Waals surface area contributed by atoms with E-state index in [4.69, 9.17) is 16.1 Å². The van der Waals surface area contributed by atoms with Crippen molar-refractivity contribution in [1.29, 1.82) is 0 Å². The van der Waals surface area contributed by atoms with Gasteiger partial charge in [-0.3, -0.25) is 4.79 Å². The molecule has 4 rings (SSSR count). The molecule has 0 spiro atoms. The van der Waals surface area contributed by atoms with Crippen LogP contribution in [0.15, 0.2) is 76.5 Å². The van der Waals surface area contributed by atoms with E-state index in [2.05, 4.69) is 20.4 Å². The Morgan fingerprint density at radius 3 is 2.45 bits per heavy atom. The fraction of sp³-hybridized carbons (Fsp3) is 0.0909. The molecule has 0 atom stereocenters. The number of thioether (sulfide) groups is 1. The number of nitrogens with one attached hydrogen (secondary N) is 1. The smallest absolute Gasteiger partial charge is 0.354 e. The quantitative estimate of drug-likeness (QED) is 0.256. The van der Waals surface area contributed by atoms with Crippen molar-refractivity contribution in [3.05, 3.63) is 77.4 Å². The van der Waals surface area contributed by atoms with Gasteiger partial charge in [0.1, 0.15) is 11.4 Å². The van der Waals surface area contributed by atoms with Gasteiger partial charge in [-0.2, -0.15) is 13.2 Å². The SMILES string of the molecule is O=C(CSc1nccc(-c2cc(-c3ccc(Cl)cc3)no2)n1)Nc1ccc(C(F)(F)F)cc1. The van der Waals surface area contributed by atoms with Gasteiger partial charge in [0.15, 0.2) is 10.9 Å². The van der Waals surface area contributed by atoms with Crippen LogP contribution in [0.4, 0.5) is 18.9 Å². The second-order valence-electron chi connectivity index (χ2n) is 6.72. The molecule has 0 saturated carbocycles. The van der Waals surface area contributed by atoms with E-state index in [1.54, 1.807) is 24.3 Å². The van der Waals surface area contributed by atoms with Crippen molar-refractivity contribution in [2.45, 2.75) is 11.3 Å². The predicted molar refractivity (Wildman–Crippen MR) is 119 cm³/mol. The number of carbonyl (C=O) groups is 1. The van der Waals surface area contributed by atoms with Crippen LogP contribution in [0.2, 0.25) is 5.02 Å². The molecule has 33 heavy (non-hydrogen) atoms. The molecule has 11 heteroatoms. The Labute approximate surface area is 195 Å². The van der Waals surface area contributed by atoms with E-state index in [0.717, 1.165) is 29.5 Å². The number of hydrogen-bond donors (Lipinski definition) is 1. The first-order chi connectivity index (χ1) is 15.8. The topological polar surface area (TPSA) is 80.9 Å². The first kappa shape index (κ1) is 22.8. The molecule has 0 aliphatic rings. The van der Waals surface area contributed by atoms with Gasteiger partial charge in [0.05, 0.1) is 11.3 Å². The summed E-state index contributed by atoms with van der Waals surface area (Å²) in [7, 11) is 0. The van der Waals surface area contributed by atoms with Gasteiger partial charge in [0.25, 0.3) is 0 Å². The molecule has 0 fully saturated rings. The van der Waals surface area contributed by atoms with Gasteiger partial charge in [0.2, 0.25) is 5.91 Å². The van der Waals surface area contributed by atoms with Crippen molar-refractivity contribution >= 4 is 35.0 Å². The van der Waals surface area contributed by atoms with Crippen LogP contribution >= 0.6 is 23.4 Å². The van der Waals surface area contributed by atoms with Crippen LogP contribution in [0.25, 0.3) is 22.7 Å². The molecule has 2 aromatic heterocycles. The molecule has 1 N–H and O–H groups in total. The van der Waals surface area contributed by atoms with Crippen LogP contribution in [0.1, 0.15) is 5.56 Å². The number of rotatable bonds is 6. The molecule has 1 amide bonds. The molecule has 6 nitrogen and oxygen atoms in total. The van der Waals surface area contributed by atoms with Gasteiger partial charge in [-0.15, -0.1) is 0 Å². The normalized spacial score (nSPS) is 11.4. The first-order valence-electron chi connectivity index (χ1n) is 9.44. The lowest BCUT2D eigenvalue weighted by molar-refractivity contribution is -0.137. The van der Waals surface area contributed by atoms with Gasteiger partial charge in [0, 0.05) is 28.5 Å². The van der Waals surface area contributed by atoms with Crippen molar-refractivity contribution in [2.24, 2.45) is 0 Å². The number of alkyl halides is 3. The van der Waals surface area contributed by atoms with Gasteiger partial charge < -0.3 is 9.84 Å². The Morgan fingerprint density at radius 2 is 1.76 bits per heavy atom. The Hall–Kier alpha value is -3.37. The highest BCUT2D eigenvalue weighted by atomic mass is 35.5. The molecule has 0 saturated heterocycles. The molecule has 0 bridgehead atoms. The van der Waals surface area contributed by atoms with Crippen LogP contribution in [-0.2, 0) is 11.0 Å². The van der Waals surface area contributed by atoms with Crippen molar-refractivity contribution in [1.82, 2.24) is 15.1 Å². The second kappa shape index (κ2) is 9.63. The lowest BCUT2D eigenvalue weighted by Gasteiger charge is -2.08. The van der Waals surface area contributed by atoms with Crippen molar-refractivity contribution in [3.63, 3.8) is 0 Å². The number of amides is 1. The zero-order valence-corrected chi connectivity index (χ0v) is 18.2. The Balaban J connectivity index is 1.37. The number of benzene rings is 2. The highest BCUT2D eigenvalue weighted by Crippen LogP contribution is 2.30. The molecule has 4 aromatic rings. The van der Waals surface area contributed by atoms with E-state index >= 15 is 0 Å². The van der Waals surface area contributed by atoms with Crippen molar-refractivity contribution < 1.29 is 22.5 Å². The van der Waals surface area contributed by atoms with Crippen LogP contribution in [0, 0.1) is 0 Å². The number of aromatic nitrogens is 3. The Kier molecular flexibility index (Phi) is 6.66. The zero-order chi connectivity index (χ0) is 23.4. The Morgan fingerprint density at radius 1 is 1.03 bits per heavy atom. The molecule has 0 unspecified atom stereocenters. The average molecular weight is 491 g/mol. The van der Waals surface area contributed by atoms with Crippen molar-refractivity contribution in [3.8, 4) is 22.7 Å². The van der Waals surface area contributed by atoms with E-state index in [1.807, 2.05) is 12.1 Å². The van der Waals surface area contributed by atoms with Gasteiger partial charge in [-0.1, -0.05) is 40.7 Å². The first-order valence-corrected chi connectivity index (χ1v) is 10.8. The molecular formula is C22H14ClF3N4O2S. The van der Waals surface area contributed by atoms with Gasteiger partial charge in [-0.25, -0.2) is 9.97 Å². The zero-order valence-electron chi connectivity index (χ0n) is 16.6. The Bertz CT molecular complexity index is 1260. The number of carbonyl (C=O) groups excluding carboxylic acids is 1. The summed E-state index contributed by atoms with van der Waals surface area (Å²) in [5.74, 6) is -0.00598. The monoisotopic (exact) mass is 490 g/mol. The van der Waals surface area contributed by atoms with Crippen LogP contribution in [0.3, 0.4) is 0 Å². The summed E-state index contributed by atoms with van der Waals surface area (Å²) in [5.41, 5.74) is 1.41. The average Bonchev–Trinajstić information content (AvgIpc) is 3.29. The lowest BCUT2D eigenvalue weighted by Crippen LogP contribution is -2.14. The third kappa shape index (κ3) is 5.91. The van der Waals surface area contributed by atoms with E-state index < -0.39 is 17.6 Å². The van der Waals surface area contributed by atoms with Gasteiger partial charge in [-0.05, 0) is 42.5 Å². The minimum atomic E-state index is -4.43. The van der Waals surface area contributed by atoms with E-state index in [0.29, 0.717) is 27.3 Å². The van der Waals surface area contributed by atoms with E-state index in [-0.39, 0.29) is 11.4 Å². The number of halogens is 4. The third-order valence-corrected chi connectivity index (χ3v) is 5.48. The predicted octanol–water partition coefficient (Wildman–Crippen LogP) is 6.20. The molecule has 0 radical (unpaired) electrons. The molecule has 0 aliphatic heterocycles. The molecule has 168 valence electrons. The van der Waals surface area contributed by atoms with E-state index in [9.17, 15) is 18.0 Å². The summed E-state index contributed by atoms with van der Waals surface area (Å²) in [5, 5.41) is 7.53. The van der Waals surface area contributed by atoms with E-state index in [1.165, 1.54) is 18.3 Å². The molecule has 2 heterocycles. The van der Waals surface area contributed by atoms with Crippen LogP contribution in [0.5, 0.6) is 0 Å². The summed E-state index contributed by atoms with van der Waals surface area (Å²) in [6.45, 7) is 0. The number of hydrogen-bond acceptors (Lipinski definition) is 6. The van der Waals surface area contributed by atoms with Crippen LogP contribution < -0.4 is 5.32 Å². The summed E-state index contributed by atoms with van der Waals surface area (Å²) in [6.07, 6.45) is -2.90. The summed E-state index contributed by atoms with van der Waals surface area (Å²) < 4.78 is 43.3. The standard InChI is InChI=1S/C22H14ClF3N4O2S/c23-15-5-1-13(2-6-15)18-11-19(32-30-18)17-9-10-27-21(29-17)33-12-20(31)28-16-7-3-14(4-8-16)22(24,25)26/h1-11H,12H2,(H,28,31). The summed E-state index contributed by atoms with van der Waals surface area (Å²) >= 11 is 6.98. The molecule has 0 aliphatic carbocycles. The minimum Gasteiger partial charge on any atom is -0.354 e. The van der Waals surface area contributed by atoms with Gasteiger partial charge >= 0.3 is 6.18 Å². The van der Waals surface area contributed by atoms with Crippen LogP contribution in [-0.4, -0.2) is 26.8 Å². The maximum absolute atomic E-state index is 12.6. The maximum Gasteiger partial charge on any atom is 0.416 e. The van der Waals surface area contributed by atoms with Crippen molar-refractivity contribution in [2.75, 3.05) is 11.1 Å². The largest absolute Gasteiger partial charge is 0.416 e.